The van der Waals surface area contributed by atoms with Gasteiger partial charge in [-0.05, 0) is 38.7 Å². The lowest BCUT2D eigenvalue weighted by atomic mass is 9.94. The molecule has 0 aliphatic carbocycles. The molecular formula is C23H38IN5O3. The number of halogens is 1. The van der Waals surface area contributed by atoms with Crippen molar-refractivity contribution in [3.63, 3.8) is 0 Å². The fourth-order valence-corrected chi connectivity index (χ4v) is 3.07. The molecule has 9 heteroatoms. The summed E-state index contributed by atoms with van der Waals surface area (Å²) in [6, 6.07) is 6.10. The van der Waals surface area contributed by atoms with Crippen LogP contribution < -0.4 is 20.1 Å². The van der Waals surface area contributed by atoms with Crippen molar-refractivity contribution in [2.75, 3.05) is 41.4 Å². The predicted molar refractivity (Wildman–Crippen MR) is 139 cm³/mol. The van der Waals surface area contributed by atoms with E-state index in [2.05, 4.69) is 52.3 Å². The molecule has 0 saturated carbocycles. The van der Waals surface area contributed by atoms with E-state index < -0.39 is 0 Å². The third kappa shape index (κ3) is 7.84. The molecule has 32 heavy (non-hydrogen) atoms. The Morgan fingerprint density at radius 2 is 1.84 bits per heavy atom. The summed E-state index contributed by atoms with van der Waals surface area (Å²) in [6.07, 6.45) is 1.78. The molecule has 0 spiro atoms. The number of aliphatic imine (C=N–C) groups is 1. The van der Waals surface area contributed by atoms with Crippen molar-refractivity contribution in [2.24, 2.45) is 4.99 Å². The molecule has 1 unspecified atom stereocenters. The first-order chi connectivity index (χ1) is 14.7. The zero-order chi connectivity index (χ0) is 23.0. The first kappa shape index (κ1) is 28.0. The zero-order valence-corrected chi connectivity index (χ0v) is 22.8. The average molecular weight is 559 g/mol. The highest BCUT2D eigenvalue weighted by molar-refractivity contribution is 14.0. The molecular weight excluding hydrogens is 521 g/mol. The van der Waals surface area contributed by atoms with Gasteiger partial charge in [-0.1, -0.05) is 26.8 Å². The van der Waals surface area contributed by atoms with E-state index in [0.29, 0.717) is 36.4 Å². The van der Waals surface area contributed by atoms with E-state index in [-0.39, 0.29) is 35.4 Å². The molecule has 0 radical (unpaired) electrons. The van der Waals surface area contributed by atoms with Crippen LogP contribution in [0.15, 0.2) is 33.8 Å². The molecule has 0 bridgehead atoms. The molecule has 0 aliphatic heterocycles. The normalized spacial score (nSPS) is 12.8. The van der Waals surface area contributed by atoms with E-state index in [1.54, 1.807) is 20.4 Å². The fraction of sp³-hybridized carbons (Fsp3) is 0.565. The monoisotopic (exact) mass is 559 g/mol. The summed E-state index contributed by atoms with van der Waals surface area (Å²) in [4.78, 5) is 11.2. The van der Waals surface area contributed by atoms with Gasteiger partial charge >= 0.3 is 0 Å². The number of oxazole rings is 1. The van der Waals surface area contributed by atoms with Crippen molar-refractivity contribution >= 4 is 29.9 Å². The predicted octanol–water partition coefficient (Wildman–Crippen LogP) is 3.97. The summed E-state index contributed by atoms with van der Waals surface area (Å²) in [6.45, 7) is 10.1. The molecule has 1 heterocycles. The number of hydrogen-bond acceptors (Lipinski definition) is 6. The highest BCUT2D eigenvalue weighted by Crippen LogP contribution is 2.31. The molecule has 0 saturated heterocycles. The number of ether oxygens (including phenoxy) is 2. The van der Waals surface area contributed by atoms with Gasteiger partial charge in [0.15, 0.2) is 17.5 Å². The molecule has 2 N–H and O–H groups in total. The second kappa shape index (κ2) is 12.9. The van der Waals surface area contributed by atoms with Gasteiger partial charge in [0.2, 0.25) is 5.89 Å². The smallest absolute Gasteiger partial charge is 0.216 e. The van der Waals surface area contributed by atoms with E-state index in [4.69, 9.17) is 13.9 Å². The molecule has 2 aromatic rings. The molecule has 0 amide bonds. The van der Waals surface area contributed by atoms with Gasteiger partial charge in [-0.15, -0.1) is 24.0 Å². The van der Waals surface area contributed by atoms with Crippen LogP contribution in [0.2, 0.25) is 0 Å². The summed E-state index contributed by atoms with van der Waals surface area (Å²) in [7, 11) is 7.38. The van der Waals surface area contributed by atoms with Gasteiger partial charge in [0.25, 0.3) is 0 Å². The van der Waals surface area contributed by atoms with Crippen molar-refractivity contribution in [1.29, 1.82) is 0 Å². The Hall–Kier alpha value is -2.01. The number of guanidine groups is 1. The molecule has 2 rings (SSSR count). The van der Waals surface area contributed by atoms with Gasteiger partial charge in [0.05, 0.1) is 26.5 Å². The summed E-state index contributed by atoms with van der Waals surface area (Å²) in [5, 5.41) is 6.71. The van der Waals surface area contributed by atoms with Crippen molar-refractivity contribution in [3.05, 3.63) is 41.6 Å². The van der Waals surface area contributed by atoms with Crippen molar-refractivity contribution < 1.29 is 13.9 Å². The number of aromatic nitrogens is 1. The molecule has 1 aromatic carbocycles. The van der Waals surface area contributed by atoms with Crippen LogP contribution in [0.5, 0.6) is 11.5 Å². The molecule has 0 fully saturated rings. The van der Waals surface area contributed by atoms with Crippen LogP contribution in [0.1, 0.15) is 51.0 Å². The maximum Gasteiger partial charge on any atom is 0.216 e. The quantitative estimate of drug-likeness (QED) is 0.273. The average Bonchev–Trinajstić information content (AvgIpc) is 3.21. The van der Waals surface area contributed by atoms with Gasteiger partial charge in [-0.2, -0.15) is 0 Å². The van der Waals surface area contributed by atoms with Crippen molar-refractivity contribution in [3.8, 4) is 11.5 Å². The maximum absolute atomic E-state index is 5.85. The van der Waals surface area contributed by atoms with Crippen molar-refractivity contribution in [1.82, 2.24) is 20.5 Å². The van der Waals surface area contributed by atoms with Crippen LogP contribution >= 0.6 is 24.0 Å². The number of benzene rings is 1. The third-order valence-electron chi connectivity index (χ3n) is 4.89. The summed E-state index contributed by atoms with van der Waals surface area (Å²) >= 11 is 0. The molecule has 180 valence electrons. The Labute approximate surface area is 209 Å². The Bertz CT molecular complexity index is 862. The number of methoxy groups -OCH3 is 2. The standard InChI is InChI=1S/C23H37N5O3.HI/c1-9-24-22(27-15-21-25-14-20(31-21)23(2,3)4)26-13-17(28(5)6)16-10-11-18(29-7)19(12-16)30-8;/h10-12,14,17H,9,13,15H2,1-8H3,(H2,24,26,27);1H. The Kier molecular flexibility index (Phi) is 11.3. The second-order valence-corrected chi connectivity index (χ2v) is 8.54. The molecule has 0 aliphatic rings. The Morgan fingerprint density at radius 3 is 2.38 bits per heavy atom. The second-order valence-electron chi connectivity index (χ2n) is 8.54. The number of hydrogen-bond donors (Lipinski definition) is 2. The van der Waals surface area contributed by atoms with E-state index in [9.17, 15) is 0 Å². The topological polar surface area (TPSA) is 84.2 Å². The van der Waals surface area contributed by atoms with Crippen LogP contribution in [0.3, 0.4) is 0 Å². The largest absolute Gasteiger partial charge is 0.493 e. The lowest BCUT2D eigenvalue weighted by molar-refractivity contribution is 0.295. The van der Waals surface area contributed by atoms with E-state index >= 15 is 0 Å². The van der Waals surface area contributed by atoms with Crippen LogP contribution in [-0.2, 0) is 12.0 Å². The van der Waals surface area contributed by atoms with Gasteiger partial charge in [-0.3, -0.25) is 0 Å². The van der Waals surface area contributed by atoms with Crippen LogP contribution in [0.4, 0.5) is 0 Å². The highest BCUT2D eigenvalue weighted by atomic mass is 127. The Balaban J connectivity index is 0.00000512. The third-order valence-corrected chi connectivity index (χ3v) is 4.89. The number of nitrogens with zero attached hydrogens (tertiary/aromatic N) is 3. The highest BCUT2D eigenvalue weighted by Gasteiger charge is 2.20. The minimum Gasteiger partial charge on any atom is -0.493 e. The Morgan fingerprint density at radius 1 is 1.16 bits per heavy atom. The molecule has 1 aromatic heterocycles. The van der Waals surface area contributed by atoms with Gasteiger partial charge in [-0.25, -0.2) is 9.98 Å². The van der Waals surface area contributed by atoms with E-state index in [0.717, 1.165) is 17.9 Å². The number of likely N-dealkylation sites (N-methyl/N-ethyl adjacent to an activating group) is 1. The first-order valence-corrected chi connectivity index (χ1v) is 10.5. The van der Waals surface area contributed by atoms with Gasteiger partial charge < -0.3 is 29.4 Å². The number of nitrogens with one attached hydrogen (secondary N) is 2. The first-order valence-electron chi connectivity index (χ1n) is 10.5. The van der Waals surface area contributed by atoms with Gasteiger partial charge in [0.1, 0.15) is 12.3 Å². The lowest BCUT2D eigenvalue weighted by Crippen LogP contribution is -2.41. The SMILES string of the molecule is CCNC(=NCc1ncc(C(C)(C)C)o1)NCC(c1ccc(OC)c(OC)c1)N(C)C.I. The fourth-order valence-electron chi connectivity index (χ4n) is 3.07. The minimum absolute atomic E-state index is 0. The molecule has 1 atom stereocenters. The van der Waals surface area contributed by atoms with Gasteiger partial charge in [0, 0.05) is 18.5 Å². The number of rotatable bonds is 9. The summed E-state index contributed by atoms with van der Waals surface area (Å²) < 4.78 is 16.7. The van der Waals surface area contributed by atoms with Crippen molar-refractivity contribution in [2.45, 2.75) is 45.7 Å². The summed E-state index contributed by atoms with van der Waals surface area (Å²) in [5.74, 6) is 3.60. The van der Waals surface area contributed by atoms with Crippen LogP contribution in [-0.4, -0.2) is 57.2 Å². The molecule has 8 nitrogen and oxygen atoms in total. The summed E-state index contributed by atoms with van der Waals surface area (Å²) in [5.41, 5.74) is 1.05. The van der Waals surface area contributed by atoms with Crippen LogP contribution in [0.25, 0.3) is 0 Å². The lowest BCUT2D eigenvalue weighted by Gasteiger charge is -2.26. The van der Waals surface area contributed by atoms with E-state index in [1.807, 2.05) is 33.2 Å². The maximum atomic E-state index is 5.85. The van der Waals surface area contributed by atoms with Crippen LogP contribution in [0, 0.1) is 0 Å². The van der Waals surface area contributed by atoms with E-state index in [1.165, 1.54) is 0 Å². The zero-order valence-electron chi connectivity index (χ0n) is 20.5. The minimum atomic E-state index is -0.0733.